The number of benzene rings is 1. The third kappa shape index (κ3) is 0.850. The lowest BCUT2D eigenvalue weighted by Crippen LogP contribution is -2.52. The Labute approximate surface area is 92.0 Å². The van der Waals surface area contributed by atoms with Gasteiger partial charge in [0.1, 0.15) is 0 Å². The molecule has 2 unspecified atom stereocenters. The fourth-order valence-electron chi connectivity index (χ4n) is 2.59. The molecule has 2 aliphatic carbocycles. The summed E-state index contributed by atoms with van der Waals surface area (Å²) in [5.41, 5.74) is 2.38. The van der Waals surface area contributed by atoms with Crippen LogP contribution in [0.2, 0.25) is 0 Å². The topological polar surface area (TPSA) is 17.1 Å². The molecule has 0 amide bonds. The zero-order valence-corrected chi connectivity index (χ0v) is 8.85. The smallest absolute Gasteiger partial charge is 0.183 e. The highest BCUT2D eigenvalue weighted by atomic mass is 35.5. The Kier molecular flexibility index (Phi) is 1.58. The highest BCUT2D eigenvalue weighted by molar-refractivity contribution is 6.61. The van der Waals surface area contributed by atoms with Gasteiger partial charge in [0, 0.05) is 11.8 Å². The van der Waals surface area contributed by atoms with Gasteiger partial charge in [0.05, 0.1) is 0 Å². The van der Waals surface area contributed by atoms with Crippen LogP contribution in [-0.2, 0) is 11.2 Å². The zero-order valence-electron chi connectivity index (χ0n) is 7.34. The molecule has 14 heavy (non-hydrogen) atoms. The molecule has 0 bridgehead atoms. The standard InChI is InChI=1S/C11H8Cl2O/c12-11(13)9-7-4-2-1-3-6(7)5-8(9)10(11)14/h1-4,8-9H,5H2. The molecule has 3 heteroatoms. The molecule has 0 aromatic heterocycles. The molecule has 1 aromatic rings. The second-order valence-corrected chi connectivity index (χ2v) is 5.36. The molecule has 0 radical (unpaired) electrons. The number of carbonyl (C=O) groups excluding carboxylic acids is 1. The summed E-state index contributed by atoms with van der Waals surface area (Å²) in [5.74, 6) is 0.0407. The molecule has 1 nitrogen and oxygen atoms in total. The molecule has 1 saturated carbocycles. The summed E-state index contributed by atoms with van der Waals surface area (Å²) in [6, 6.07) is 8.02. The maximum atomic E-state index is 11.6. The summed E-state index contributed by atoms with van der Waals surface area (Å²) < 4.78 is -1.17. The normalized spacial score (nSPS) is 32.0. The van der Waals surface area contributed by atoms with Crippen LogP contribution in [0.25, 0.3) is 0 Å². The molecule has 0 heterocycles. The third-order valence-corrected chi connectivity index (χ3v) is 4.13. The minimum atomic E-state index is -1.17. The lowest BCUT2D eigenvalue weighted by Gasteiger charge is -2.41. The van der Waals surface area contributed by atoms with Crippen molar-refractivity contribution in [2.45, 2.75) is 16.7 Å². The lowest BCUT2D eigenvalue weighted by molar-refractivity contribution is -0.131. The van der Waals surface area contributed by atoms with Gasteiger partial charge in [-0.15, -0.1) is 0 Å². The Hall–Kier alpha value is -0.530. The second-order valence-electron chi connectivity index (χ2n) is 3.97. The summed E-state index contributed by atoms with van der Waals surface area (Å²) in [6.07, 6.45) is 0.806. The molecule has 0 saturated heterocycles. The average Bonchev–Trinajstić information content (AvgIpc) is 2.54. The van der Waals surface area contributed by atoms with E-state index in [2.05, 4.69) is 0 Å². The van der Waals surface area contributed by atoms with E-state index in [1.807, 2.05) is 24.3 Å². The Morgan fingerprint density at radius 1 is 1.29 bits per heavy atom. The van der Waals surface area contributed by atoms with Crippen molar-refractivity contribution in [2.75, 3.05) is 0 Å². The van der Waals surface area contributed by atoms with Crippen molar-refractivity contribution in [2.24, 2.45) is 5.92 Å². The molecule has 0 aliphatic heterocycles. The van der Waals surface area contributed by atoms with Crippen LogP contribution in [0.1, 0.15) is 17.0 Å². The van der Waals surface area contributed by atoms with E-state index in [0.29, 0.717) is 0 Å². The summed E-state index contributed by atoms with van der Waals surface area (Å²) in [6.45, 7) is 0. The van der Waals surface area contributed by atoms with Gasteiger partial charge in [0.2, 0.25) is 0 Å². The van der Waals surface area contributed by atoms with E-state index >= 15 is 0 Å². The van der Waals surface area contributed by atoms with E-state index in [-0.39, 0.29) is 17.6 Å². The third-order valence-electron chi connectivity index (χ3n) is 3.29. The zero-order chi connectivity index (χ0) is 9.92. The van der Waals surface area contributed by atoms with Crippen LogP contribution >= 0.6 is 23.2 Å². The molecule has 1 fully saturated rings. The first-order chi connectivity index (χ1) is 6.62. The first-order valence-electron chi connectivity index (χ1n) is 4.62. The van der Waals surface area contributed by atoms with E-state index in [0.717, 1.165) is 12.0 Å². The summed E-state index contributed by atoms with van der Waals surface area (Å²) >= 11 is 12.0. The van der Waals surface area contributed by atoms with Gasteiger partial charge >= 0.3 is 0 Å². The van der Waals surface area contributed by atoms with Crippen molar-refractivity contribution in [3.8, 4) is 0 Å². The van der Waals surface area contributed by atoms with Gasteiger partial charge in [-0.05, 0) is 17.5 Å². The Morgan fingerprint density at radius 3 is 2.79 bits per heavy atom. The maximum absolute atomic E-state index is 11.6. The van der Waals surface area contributed by atoms with Crippen molar-refractivity contribution in [1.82, 2.24) is 0 Å². The number of hydrogen-bond acceptors (Lipinski definition) is 1. The molecule has 0 N–H and O–H groups in total. The van der Waals surface area contributed by atoms with Gasteiger partial charge in [0.15, 0.2) is 10.1 Å². The van der Waals surface area contributed by atoms with Crippen molar-refractivity contribution >= 4 is 29.0 Å². The highest BCUT2D eigenvalue weighted by Crippen LogP contribution is 2.59. The molecule has 72 valence electrons. The van der Waals surface area contributed by atoms with Gasteiger partial charge in [0.25, 0.3) is 0 Å². The number of fused-ring (bicyclic) bond motifs is 3. The fraction of sp³-hybridized carbons (Fsp3) is 0.364. The predicted molar refractivity (Wildman–Crippen MR) is 55.8 cm³/mol. The van der Waals surface area contributed by atoms with Crippen LogP contribution in [-0.4, -0.2) is 10.1 Å². The van der Waals surface area contributed by atoms with Crippen molar-refractivity contribution in [3.05, 3.63) is 35.4 Å². The molecule has 3 rings (SSSR count). The first kappa shape index (κ1) is 8.75. The van der Waals surface area contributed by atoms with Crippen LogP contribution in [0, 0.1) is 5.92 Å². The van der Waals surface area contributed by atoms with E-state index < -0.39 is 4.33 Å². The number of ketones is 1. The number of Topliss-reactive ketones (excluding diaryl/α,β-unsaturated/α-hetero) is 1. The number of rotatable bonds is 0. The quantitative estimate of drug-likeness (QED) is 0.623. The van der Waals surface area contributed by atoms with Crippen molar-refractivity contribution < 1.29 is 4.79 Å². The van der Waals surface area contributed by atoms with Crippen molar-refractivity contribution in [1.29, 1.82) is 0 Å². The van der Waals surface area contributed by atoms with Gasteiger partial charge in [-0.2, -0.15) is 0 Å². The SMILES string of the molecule is O=C1C2Cc3ccccc3C2C1(Cl)Cl. The van der Waals surface area contributed by atoms with Gasteiger partial charge in [-0.3, -0.25) is 4.79 Å². The maximum Gasteiger partial charge on any atom is 0.183 e. The summed E-state index contributed by atoms with van der Waals surface area (Å²) in [7, 11) is 0. The number of carbonyl (C=O) groups is 1. The minimum Gasteiger partial charge on any atom is -0.296 e. The fourth-order valence-corrected chi connectivity index (χ4v) is 3.41. The average molecular weight is 227 g/mol. The highest BCUT2D eigenvalue weighted by Gasteiger charge is 2.63. The van der Waals surface area contributed by atoms with Gasteiger partial charge in [-0.25, -0.2) is 0 Å². The Balaban J connectivity index is 2.13. The predicted octanol–water partition coefficient (Wildman–Crippen LogP) is 2.70. The molecular formula is C11H8Cl2O. The molecule has 1 aromatic carbocycles. The monoisotopic (exact) mass is 226 g/mol. The number of halogens is 2. The molecule has 2 atom stereocenters. The Morgan fingerprint density at radius 2 is 2.00 bits per heavy atom. The van der Waals surface area contributed by atoms with Crippen LogP contribution in [0.4, 0.5) is 0 Å². The van der Waals surface area contributed by atoms with Gasteiger partial charge in [-0.1, -0.05) is 47.5 Å². The molecule has 0 spiro atoms. The van der Waals surface area contributed by atoms with E-state index in [4.69, 9.17) is 23.2 Å². The largest absolute Gasteiger partial charge is 0.296 e. The van der Waals surface area contributed by atoms with Crippen LogP contribution in [0.15, 0.2) is 24.3 Å². The van der Waals surface area contributed by atoms with Crippen LogP contribution in [0.3, 0.4) is 0 Å². The molecule has 2 aliphatic rings. The van der Waals surface area contributed by atoms with Crippen LogP contribution < -0.4 is 0 Å². The minimum absolute atomic E-state index is 0.0120. The van der Waals surface area contributed by atoms with E-state index in [9.17, 15) is 4.79 Å². The summed E-state index contributed by atoms with van der Waals surface area (Å²) in [5, 5.41) is 0. The van der Waals surface area contributed by atoms with E-state index in [1.54, 1.807) is 0 Å². The summed E-state index contributed by atoms with van der Waals surface area (Å²) in [4.78, 5) is 11.6. The first-order valence-corrected chi connectivity index (χ1v) is 5.38. The Bertz CT molecular complexity index is 425. The van der Waals surface area contributed by atoms with Crippen LogP contribution in [0.5, 0.6) is 0 Å². The molecular weight excluding hydrogens is 219 g/mol. The van der Waals surface area contributed by atoms with Gasteiger partial charge < -0.3 is 0 Å². The van der Waals surface area contributed by atoms with E-state index in [1.165, 1.54) is 5.56 Å². The second kappa shape index (κ2) is 2.53. The lowest BCUT2D eigenvalue weighted by atomic mass is 9.72. The number of alkyl halides is 2. The number of hydrogen-bond donors (Lipinski definition) is 0. The van der Waals surface area contributed by atoms with Crippen molar-refractivity contribution in [3.63, 3.8) is 0 Å².